The monoisotopic (exact) mass is 219 g/mol. The fraction of sp³-hybridized carbons (Fsp3) is 0.182. The smallest absolute Gasteiger partial charge is 0.129 e. The number of benzene rings is 1. The van der Waals surface area contributed by atoms with E-state index >= 15 is 0 Å². The second-order valence-electron chi connectivity index (χ2n) is 3.30. The summed E-state index contributed by atoms with van der Waals surface area (Å²) >= 11 is 1.73. The van der Waals surface area contributed by atoms with Crippen LogP contribution < -0.4 is 5.73 Å². The molecule has 0 unspecified atom stereocenters. The molecule has 1 heterocycles. The van der Waals surface area contributed by atoms with Gasteiger partial charge in [-0.05, 0) is 24.0 Å². The van der Waals surface area contributed by atoms with Gasteiger partial charge in [0.15, 0.2) is 0 Å². The van der Waals surface area contributed by atoms with Crippen LogP contribution >= 0.6 is 11.8 Å². The Bertz CT molecular complexity index is 459. The minimum absolute atomic E-state index is 0.701. The maximum Gasteiger partial charge on any atom is 0.129 e. The molecule has 0 aliphatic heterocycles. The summed E-state index contributed by atoms with van der Waals surface area (Å²) in [6, 6.07) is 8.32. The summed E-state index contributed by atoms with van der Waals surface area (Å²) in [7, 11) is 1.84. The molecule has 1 aromatic carbocycles. The highest BCUT2D eigenvalue weighted by atomic mass is 32.2. The molecule has 1 aromatic heterocycles. The van der Waals surface area contributed by atoms with Crippen molar-refractivity contribution in [2.24, 2.45) is 7.05 Å². The van der Waals surface area contributed by atoms with E-state index in [1.807, 2.05) is 7.05 Å². The molecule has 0 radical (unpaired) electrons. The minimum Gasteiger partial charge on any atom is -0.383 e. The summed E-state index contributed by atoms with van der Waals surface area (Å²) in [4.78, 5) is 1.25. The van der Waals surface area contributed by atoms with Gasteiger partial charge in [-0.25, -0.2) is 0 Å². The third kappa shape index (κ3) is 1.85. The van der Waals surface area contributed by atoms with Crippen LogP contribution in [0.3, 0.4) is 0 Å². The molecule has 2 rings (SSSR count). The van der Waals surface area contributed by atoms with Crippen LogP contribution in [0.15, 0.2) is 35.4 Å². The standard InChI is InChI=1S/C11H13N3S/c1-14-11(12)10(7-13-14)8-3-5-9(15-2)6-4-8/h3-7H,12H2,1-2H3. The molecule has 0 spiro atoms. The average Bonchev–Trinajstić information content (AvgIpc) is 2.60. The summed E-state index contributed by atoms with van der Waals surface area (Å²) in [5, 5.41) is 4.12. The van der Waals surface area contributed by atoms with Crippen molar-refractivity contribution in [3.8, 4) is 11.1 Å². The van der Waals surface area contributed by atoms with Crippen LogP contribution in [0.5, 0.6) is 0 Å². The van der Waals surface area contributed by atoms with Crippen LogP contribution in [0.1, 0.15) is 0 Å². The molecule has 0 fully saturated rings. The molecule has 2 aromatic rings. The van der Waals surface area contributed by atoms with Crippen LogP contribution in [-0.4, -0.2) is 16.0 Å². The van der Waals surface area contributed by atoms with E-state index in [4.69, 9.17) is 5.73 Å². The van der Waals surface area contributed by atoms with E-state index < -0.39 is 0 Å². The molecule has 78 valence electrons. The number of aryl methyl sites for hydroxylation is 1. The number of thioether (sulfide) groups is 1. The Morgan fingerprint density at radius 2 is 1.93 bits per heavy atom. The van der Waals surface area contributed by atoms with Gasteiger partial charge >= 0.3 is 0 Å². The maximum absolute atomic E-state index is 5.90. The molecule has 0 bridgehead atoms. The predicted octanol–water partition coefficient (Wildman–Crippen LogP) is 2.39. The average molecular weight is 219 g/mol. The lowest BCUT2D eigenvalue weighted by atomic mass is 10.1. The normalized spacial score (nSPS) is 10.5. The van der Waals surface area contributed by atoms with Gasteiger partial charge in [-0.15, -0.1) is 11.8 Å². The highest BCUT2D eigenvalue weighted by Crippen LogP contribution is 2.26. The highest BCUT2D eigenvalue weighted by molar-refractivity contribution is 7.98. The molecule has 0 saturated carbocycles. The first-order valence-electron chi connectivity index (χ1n) is 4.64. The number of nitrogens with two attached hydrogens (primary N) is 1. The summed E-state index contributed by atoms with van der Waals surface area (Å²) in [6.45, 7) is 0. The first-order chi connectivity index (χ1) is 7.22. The third-order valence-electron chi connectivity index (χ3n) is 2.39. The van der Waals surface area contributed by atoms with Crippen LogP contribution in [-0.2, 0) is 7.05 Å². The van der Waals surface area contributed by atoms with Gasteiger partial charge in [-0.3, -0.25) is 4.68 Å². The van der Waals surface area contributed by atoms with Gasteiger partial charge in [0.25, 0.3) is 0 Å². The lowest BCUT2D eigenvalue weighted by Gasteiger charge is -2.01. The maximum atomic E-state index is 5.90. The van der Waals surface area contributed by atoms with Gasteiger partial charge in [-0.1, -0.05) is 12.1 Å². The number of hydrogen-bond donors (Lipinski definition) is 1. The van der Waals surface area contributed by atoms with E-state index in [1.54, 1.807) is 22.6 Å². The van der Waals surface area contributed by atoms with Crippen LogP contribution in [0, 0.1) is 0 Å². The summed E-state index contributed by atoms with van der Waals surface area (Å²) < 4.78 is 1.68. The van der Waals surface area contributed by atoms with Gasteiger partial charge in [0.2, 0.25) is 0 Å². The van der Waals surface area contributed by atoms with Crippen molar-refractivity contribution in [2.75, 3.05) is 12.0 Å². The summed E-state index contributed by atoms with van der Waals surface area (Å²) in [6.07, 6.45) is 3.86. The lowest BCUT2D eigenvalue weighted by molar-refractivity contribution is 0.779. The molecule has 4 heteroatoms. The molecular formula is C11H13N3S. The van der Waals surface area contributed by atoms with E-state index in [2.05, 4.69) is 35.6 Å². The van der Waals surface area contributed by atoms with Gasteiger partial charge < -0.3 is 5.73 Å². The van der Waals surface area contributed by atoms with Gasteiger partial charge in [-0.2, -0.15) is 5.10 Å². The zero-order valence-electron chi connectivity index (χ0n) is 8.77. The Balaban J connectivity index is 2.41. The topological polar surface area (TPSA) is 43.8 Å². The zero-order chi connectivity index (χ0) is 10.8. The minimum atomic E-state index is 0.701. The van der Waals surface area contributed by atoms with Crippen LogP contribution in [0.2, 0.25) is 0 Å². The number of hydrogen-bond acceptors (Lipinski definition) is 3. The highest BCUT2D eigenvalue weighted by Gasteiger charge is 2.06. The van der Waals surface area contributed by atoms with E-state index in [0.717, 1.165) is 11.1 Å². The third-order valence-corrected chi connectivity index (χ3v) is 3.13. The molecule has 15 heavy (non-hydrogen) atoms. The number of nitrogen functional groups attached to an aromatic ring is 1. The van der Waals surface area contributed by atoms with Crippen molar-refractivity contribution < 1.29 is 0 Å². The van der Waals surface area contributed by atoms with Gasteiger partial charge in [0.05, 0.1) is 6.20 Å². The lowest BCUT2D eigenvalue weighted by Crippen LogP contribution is -1.97. The van der Waals surface area contributed by atoms with Crippen molar-refractivity contribution in [2.45, 2.75) is 4.90 Å². The van der Waals surface area contributed by atoms with Crippen LogP contribution in [0.4, 0.5) is 5.82 Å². The Hall–Kier alpha value is -1.42. The first kappa shape index (κ1) is 10.1. The van der Waals surface area contributed by atoms with E-state index in [-0.39, 0.29) is 0 Å². The number of rotatable bonds is 2. The second kappa shape index (κ2) is 3.98. The van der Waals surface area contributed by atoms with Crippen molar-refractivity contribution in [1.29, 1.82) is 0 Å². The predicted molar refractivity (Wildman–Crippen MR) is 64.8 cm³/mol. The number of aromatic nitrogens is 2. The Labute approximate surface area is 93.3 Å². The number of nitrogens with zero attached hydrogens (tertiary/aromatic N) is 2. The quantitative estimate of drug-likeness (QED) is 0.789. The molecule has 0 atom stereocenters. The van der Waals surface area contributed by atoms with Gasteiger partial charge in [0.1, 0.15) is 5.82 Å². The second-order valence-corrected chi connectivity index (χ2v) is 4.18. The van der Waals surface area contributed by atoms with Crippen molar-refractivity contribution in [3.05, 3.63) is 30.5 Å². The van der Waals surface area contributed by atoms with Gasteiger partial charge in [0, 0.05) is 17.5 Å². The molecule has 3 nitrogen and oxygen atoms in total. The van der Waals surface area contributed by atoms with E-state index in [9.17, 15) is 0 Å². The van der Waals surface area contributed by atoms with Crippen molar-refractivity contribution >= 4 is 17.6 Å². The number of anilines is 1. The Kier molecular flexibility index (Phi) is 2.68. The largest absolute Gasteiger partial charge is 0.383 e. The molecule has 0 saturated heterocycles. The Morgan fingerprint density at radius 3 is 2.40 bits per heavy atom. The SMILES string of the molecule is CSc1ccc(-c2cnn(C)c2N)cc1. The first-order valence-corrected chi connectivity index (χ1v) is 5.86. The molecular weight excluding hydrogens is 206 g/mol. The molecule has 0 amide bonds. The van der Waals surface area contributed by atoms with Crippen LogP contribution in [0.25, 0.3) is 11.1 Å². The van der Waals surface area contributed by atoms with Crippen molar-refractivity contribution in [3.63, 3.8) is 0 Å². The molecule has 0 aliphatic rings. The summed E-state index contributed by atoms with van der Waals surface area (Å²) in [5.41, 5.74) is 8.00. The molecule has 0 aliphatic carbocycles. The fourth-order valence-corrected chi connectivity index (χ4v) is 1.85. The van der Waals surface area contributed by atoms with E-state index in [1.165, 1.54) is 4.90 Å². The van der Waals surface area contributed by atoms with Crippen molar-refractivity contribution in [1.82, 2.24) is 9.78 Å². The summed E-state index contributed by atoms with van der Waals surface area (Å²) in [5.74, 6) is 0.701. The van der Waals surface area contributed by atoms with E-state index in [0.29, 0.717) is 5.82 Å². The zero-order valence-corrected chi connectivity index (χ0v) is 9.58. The fourth-order valence-electron chi connectivity index (χ4n) is 1.44. The Morgan fingerprint density at radius 1 is 1.27 bits per heavy atom. The molecule has 2 N–H and O–H groups in total.